The quantitative estimate of drug-likeness (QED) is 0.578. The molecule has 134 valence electrons. The topological polar surface area (TPSA) is 68.0 Å². The number of aromatic nitrogens is 2. The minimum absolute atomic E-state index is 0.0551. The van der Waals surface area contributed by atoms with Gasteiger partial charge in [0.2, 0.25) is 11.8 Å². The van der Waals surface area contributed by atoms with Crippen LogP contribution in [0.2, 0.25) is 0 Å². The highest BCUT2D eigenvalue weighted by Gasteiger charge is 2.12. The Morgan fingerprint density at radius 1 is 0.963 bits per heavy atom. The number of carbonyl (C=O) groups is 1. The Morgan fingerprint density at radius 3 is 2.56 bits per heavy atom. The van der Waals surface area contributed by atoms with Crippen molar-refractivity contribution >= 4 is 22.4 Å². The molecule has 5 heteroatoms. The number of carbonyl (C=O) groups excluding carboxylic acids is 1. The van der Waals surface area contributed by atoms with Crippen LogP contribution >= 0.6 is 0 Å². The fourth-order valence-corrected chi connectivity index (χ4v) is 3.19. The molecular weight excluding hydrogens is 338 g/mol. The highest BCUT2D eigenvalue weighted by atomic mass is 16.5. The van der Waals surface area contributed by atoms with Crippen molar-refractivity contribution in [3.8, 4) is 0 Å². The van der Waals surface area contributed by atoms with Crippen molar-refractivity contribution in [2.24, 2.45) is 0 Å². The zero-order chi connectivity index (χ0) is 18.6. The molecule has 0 aliphatic rings. The molecule has 27 heavy (non-hydrogen) atoms. The normalized spacial score (nSPS) is 10.9. The molecule has 1 N–H and O–H groups in total. The van der Waals surface area contributed by atoms with Crippen molar-refractivity contribution in [3.63, 3.8) is 0 Å². The Morgan fingerprint density at radius 2 is 1.70 bits per heavy atom. The van der Waals surface area contributed by atoms with Gasteiger partial charge in [0.05, 0.1) is 12.8 Å². The van der Waals surface area contributed by atoms with E-state index >= 15 is 0 Å². The number of hydrogen-bond acceptors (Lipinski definition) is 4. The van der Waals surface area contributed by atoms with E-state index in [0.717, 1.165) is 27.6 Å². The van der Waals surface area contributed by atoms with E-state index in [1.54, 1.807) is 6.92 Å². The van der Waals surface area contributed by atoms with Gasteiger partial charge in [-0.15, -0.1) is 0 Å². The van der Waals surface area contributed by atoms with E-state index in [1.807, 2.05) is 54.6 Å². The van der Waals surface area contributed by atoms with Crippen molar-refractivity contribution in [3.05, 3.63) is 89.6 Å². The van der Waals surface area contributed by atoms with Crippen LogP contribution in [-0.4, -0.2) is 16.0 Å². The number of rotatable bonds is 5. The second-order valence-electron chi connectivity index (χ2n) is 6.43. The third-order valence-corrected chi connectivity index (χ3v) is 4.43. The molecule has 0 radical (unpaired) electrons. The molecule has 0 fully saturated rings. The summed E-state index contributed by atoms with van der Waals surface area (Å²) in [7, 11) is 0. The number of aryl methyl sites for hydroxylation is 1. The van der Waals surface area contributed by atoms with Gasteiger partial charge in [-0.05, 0) is 34.9 Å². The molecule has 0 aliphatic heterocycles. The Hall–Kier alpha value is -3.47. The minimum Gasteiger partial charge on any atom is -0.339 e. The summed E-state index contributed by atoms with van der Waals surface area (Å²) in [5.74, 6) is 1.08. The molecule has 0 saturated carbocycles. The zero-order valence-corrected chi connectivity index (χ0v) is 15.0. The number of hydrogen-bond donors (Lipinski definition) is 1. The molecule has 3 aromatic carbocycles. The van der Waals surface area contributed by atoms with Gasteiger partial charge in [0.1, 0.15) is 0 Å². The number of para-hydroxylation sites is 1. The number of amides is 1. The zero-order valence-electron chi connectivity index (χ0n) is 15.0. The van der Waals surface area contributed by atoms with E-state index in [4.69, 9.17) is 4.52 Å². The van der Waals surface area contributed by atoms with Crippen molar-refractivity contribution in [2.75, 3.05) is 5.32 Å². The molecule has 4 aromatic rings. The molecule has 0 unspecified atom stereocenters. The highest BCUT2D eigenvalue weighted by molar-refractivity contribution is 5.96. The fourth-order valence-electron chi connectivity index (χ4n) is 3.19. The van der Waals surface area contributed by atoms with Crippen LogP contribution in [0, 0.1) is 6.92 Å². The second kappa shape index (κ2) is 7.41. The van der Waals surface area contributed by atoms with E-state index in [-0.39, 0.29) is 5.91 Å². The van der Waals surface area contributed by atoms with Crippen LogP contribution < -0.4 is 5.32 Å². The van der Waals surface area contributed by atoms with Gasteiger partial charge in [-0.1, -0.05) is 65.8 Å². The lowest BCUT2D eigenvalue weighted by atomic mass is 10.0. The van der Waals surface area contributed by atoms with E-state index in [9.17, 15) is 4.79 Å². The smallest absolute Gasteiger partial charge is 0.231 e. The first kappa shape index (κ1) is 17.0. The number of benzene rings is 3. The maximum Gasteiger partial charge on any atom is 0.231 e. The first-order valence-electron chi connectivity index (χ1n) is 8.82. The van der Waals surface area contributed by atoms with Crippen LogP contribution in [0.3, 0.4) is 0 Å². The Balaban J connectivity index is 1.53. The molecule has 5 nitrogen and oxygen atoms in total. The molecule has 0 bridgehead atoms. The van der Waals surface area contributed by atoms with Gasteiger partial charge in [0.25, 0.3) is 0 Å². The molecule has 0 aliphatic carbocycles. The van der Waals surface area contributed by atoms with E-state index in [0.29, 0.717) is 24.6 Å². The van der Waals surface area contributed by atoms with Crippen molar-refractivity contribution in [1.82, 2.24) is 10.1 Å². The third-order valence-electron chi connectivity index (χ3n) is 4.43. The molecular formula is C22H19N3O2. The lowest BCUT2D eigenvalue weighted by molar-refractivity contribution is -0.115. The molecule has 0 saturated heterocycles. The average molecular weight is 357 g/mol. The van der Waals surface area contributed by atoms with Crippen LogP contribution in [0.25, 0.3) is 10.8 Å². The Labute approximate surface area is 157 Å². The summed E-state index contributed by atoms with van der Waals surface area (Å²) in [6, 6.07) is 21.8. The molecule has 4 rings (SSSR count). The monoisotopic (exact) mass is 357 g/mol. The van der Waals surface area contributed by atoms with Crippen molar-refractivity contribution in [2.45, 2.75) is 19.8 Å². The average Bonchev–Trinajstić information content (AvgIpc) is 3.08. The van der Waals surface area contributed by atoms with Crippen LogP contribution in [0.15, 0.2) is 71.3 Å². The van der Waals surface area contributed by atoms with Gasteiger partial charge in [-0.25, -0.2) is 0 Å². The summed E-state index contributed by atoms with van der Waals surface area (Å²) in [6.07, 6.45) is 0.793. The Bertz CT molecular complexity index is 1100. The SMILES string of the molecule is Cc1noc(Cc2ccccc2NC(=O)Cc2cccc3ccccc23)n1. The molecule has 1 heterocycles. The van der Waals surface area contributed by atoms with Gasteiger partial charge in [0.15, 0.2) is 5.82 Å². The number of anilines is 1. The van der Waals surface area contributed by atoms with Crippen molar-refractivity contribution in [1.29, 1.82) is 0 Å². The molecule has 1 amide bonds. The van der Waals surface area contributed by atoms with Gasteiger partial charge < -0.3 is 9.84 Å². The predicted octanol–water partition coefficient (Wildman–Crippen LogP) is 4.30. The van der Waals surface area contributed by atoms with E-state index in [1.165, 1.54) is 0 Å². The van der Waals surface area contributed by atoms with E-state index in [2.05, 4.69) is 27.6 Å². The first-order chi connectivity index (χ1) is 13.2. The molecule has 0 spiro atoms. The predicted molar refractivity (Wildman–Crippen MR) is 105 cm³/mol. The maximum atomic E-state index is 12.7. The van der Waals surface area contributed by atoms with Gasteiger partial charge in [-0.2, -0.15) is 4.98 Å². The lowest BCUT2D eigenvalue weighted by Gasteiger charge is -2.11. The van der Waals surface area contributed by atoms with Gasteiger partial charge in [-0.3, -0.25) is 4.79 Å². The maximum absolute atomic E-state index is 12.7. The summed E-state index contributed by atoms with van der Waals surface area (Å²) < 4.78 is 5.20. The first-order valence-corrected chi connectivity index (χ1v) is 8.82. The van der Waals surface area contributed by atoms with Crippen LogP contribution in [0.5, 0.6) is 0 Å². The molecule has 0 atom stereocenters. The number of fused-ring (bicyclic) bond motifs is 1. The Kier molecular flexibility index (Phi) is 4.66. The van der Waals surface area contributed by atoms with Gasteiger partial charge >= 0.3 is 0 Å². The van der Waals surface area contributed by atoms with Crippen LogP contribution in [0.1, 0.15) is 22.8 Å². The fraction of sp³-hybridized carbons (Fsp3) is 0.136. The van der Waals surface area contributed by atoms with Gasteiger partial charge in [0, 0.05) is 5.69 Å². The summed E-state index contributed by atoms with van der Waals surface area (Å²) in [6.45, 7) is 1.78. The second-order valence-corrected chi connectivity index (χ2v) is 6.43. The summed E-state index contributed by atoms with van der Waals surface area (Å²) in [4.78, 5) is 16.9. The number of nitrogens with zero attached hydrogens (tertiary/aromatic N) is 2. The molecule has 1 aromatic heterocycles. The summed E-state index contributed by atoms with van der Waals surface area (Å²) >= 11 is 0. The minimum atomic E-state index is -0.0551. The lowest BCUT2D eigenvalue weighted by Crippen LogP contribution is -2.16. The largest absolute Gasteiger partial charge is 0.339 e. The third kappa shape index (κ3) is 3.87. The highest BCUT2D eigenvalue weighted by Crippen LogP contribution is 2.21. The van der Waals surface area contributed by atoms with E-state index < -0.39 is 0 Å². The van der Waals surface area contributed by atoms with Crippen molar-refractivity contribution < 1.29 is 9.32 Å². The summed E-state index contributed by atoms with van der Waals surface area (Å²) in [5.41, 5.74) is 2.71. The van der Waals surface area contributed by atoms with Crippen LogP contribution in [-0.2, 0) is 17.6 Å². The summed E-state index contributed by atoms with van der Waals surface area (Å²) in [5, 5.41) is 9.07. The standard InChI is InChI=1S/C22H19N3O2/c1-15-23-22(27-25-15)14-18-8-3-5-12-20(18)24-21(26)13-17-10-6-9-16-7-2-4-11-19(16)17/h2-12H,13-14H2,1H3,(H,24,26). The number of nitrogens with one attached hydrogen (secondary N) is 1. The van der Waals surface area contributed by atoms with Crippen LogP contribution in [0.4, 0.5) is 5.69 Å².